The highest BCUT2D eigenvalue weighted by Crippen LogP contribution is 2.34. The van der Waals surface area contributed by atoms with Gasteiger partial charge in [-0.2, -0.15) is 0 Å². The van der Waals surface area contributed by atoms with Gasteiger partial charge in [0, 0.05) is 42.8 Å². The van der Waals surface area contributed by atoms with Gasteiger partial charge < -0.3 is 14.8 Å². The van der Waals surface area contributed by atoms with Crippen molar-refractivity contribution in [3.05, 3.63) is 65.4 Å². The van der Waals surface area contributed by atoms with Crippen molar-refractivity contribution in [2.24, 2.45) is 0 Å². The van der Waals surface area contributed by atoms with Gasteiger partial charge in [0.1, 0.15) is 5.75 Å². The van der Waals surface area contributed by atoms with E-state index in [1.165, 1.54) is 16.5 Å². The first-order valence-electron chi connectivity index (χ1n) is 9.23. The van der Waals surface area contributed by atoms with Gasteiger partial charge in [-0.3, -0.25) is 4.90 Å². The number of rotatable bonds is 4. The van der Waals surface area contributed by atoms with Gasteiger partial charge in [-0.1, -0.05) is 29.8 Å². The molecule has 0 radical (unpaired) electrons. The number of nitrogens with zero attached hydrogens (tertiary/aromatic N) is 1. The lowest BCUT2D eigenvalue weighted by atomic mass is 9.84. The summed E-state index contributed by atoms with van der Waals surface area (Å²) in [6.45, 7) is 4.77. The number of nitrogens with one attached hydrogen (secondary N) is 1. The molecule has 4 rings (SSSR count). The van der Waals surface area contributed by atoms with Crippen molar-refractivity contribution in [3.63, 3.8) is 0 Å². The number of aromatic nitrogens is 1. The van der Waals surface area contributed by atoms with Gasteiger partial charge in [0.05, 0.1) is 12.7 Å². The summed E-state index contributed by atoms with van der Waals surface area (Å²) in [4.78, 5) is 5.77. The number of piperidine rings is 1. The zero-order chi connectivity index (χ0) is 18.1. The van der Waals surface area contributed by atoms with E-state index in [1.807, 2.05) is 12.1 Å². The first-order chi connectivity index (χ1) is 12.6. The Kier molecular flexibility index (Phi) is 4.47. The second kappa shape index (κ2) is 6.78. The van der Waals surface area contributed by atoms with Crippen LogP contribution in [0, 0.1) is 6.92 Å². The van der Waals surface area contributed by atoms with Crippen LogP contribution in [-0.4, -0.2) is 35.2 Å². The summed E-state index contributed by atoms with van der Waals surface area (Å²) >= 11 is 0. The molecule has 1 aliphatic rings. The minimum atomic E-state index is -0.697. The molecule has 1 saturated heterocycles. The van der Waals surface area contributed by atoms with Crippen LogP contribution < -0.4 is 4.74 Å². The van der Waals surface area contributed by atoms with E-state index in [-0.39, 0.29) is 0 Å². The van der Waals surface area contributed by atoms with E-state index in [2.05, 4.69) is 53.3 Å². The van der Waals surface area contributed by atoms with Crippen LogP contribution in [0.4, 0.5) is 0 Å². The molecule has 0 amide bonds. The number of aromatic amines is 1. The predicted octanol–water partition coefficient (Wildman–Crippen LogP) is 3.97. The maximum atomic E-state index is 11.1. The monoisotopic (exact) mass is 350 g/mol. The topological polar surface area (TPSA) is 48.5 Å². The molecule has 4 nitrogen and oxygen atoms in total. The quantitative estimate of drug-likeness (QED) is 0.748. The van der Waals surface area contributed by atoms with Crippen molar-refractivity contribution in [2.45, 2.75) is 31.9 Å². The summed E-state index contributed by atoms with van der Waals surface area (Å²) in [7, 11) is 1.69. The van der Waals surface area contributed by atoms with E-state index in [0.29, 0.717) is 0 Å². The molecule has 1 aromatic heterocycles. The number of hydrogen-bond donors (Lipinski definition) is 2. The molecule has 0 saturated carbocycles. The van der Waals surface area contributed by atoms with Crippen molar-refractivity contribution >= 4 is 10.9 Å². The van der Waals surface area contributed by atoms with Crippen molar-refractivity contribution < 1.29 is 9.84 Å². The fraction of sp³-hybridized carbons (Fsp3) is 0.364. The summed E-state index contributed by atoms with van der Waals surface area (Å²) in [6.07, 6.45) is 3.63. The summed E-state index contributed by atoms with van der Waals surface area (Å²) in [5.74, 6) is 0.868. The highest BCUT2D eigenvalue weighted by molar-refractivity contribution is 5.84. The Hall–Kier alpha value is -2.30. The zero-order valence-corrected chi connectivity index (χ0v) is 15.5. The number of aryl methyl sites for hydroxylation is 1. The van der Waals surface area contributed by atoms with Gasteiger partial charge in [-0.25, -0.2) is 0 Å². The standard InChI is InChI=1S/C22H26N2O2/c1-16-3-5-18(6-4-16)22(25)9-11-24(12-10-22)15-17-14-23-21-13-19(26-2)7-8-20(17)21/h3-8,13-14,23,25H,9-12,15H2,1-2H3. The maximum absolute atomic E-state index is 11.1. The molecule has 2 aromatic carbocycles. The van der Waals surface area contributed by atoms with Gasteiger partial charge in [0.2, 0.25) is 0 Å². The van der Waals surface area contributed by atoms with Gasteiger partial charge in [-0.05, 0) is 43.0 Å². The molecule has 0 unspecified atom stereocenters. The molecule has 26 heavy (non-hydrogen) atoms. The van der Waals surface area contributed by atoms with Gasteiger partial charge >= 0.3 is 0 Å². The number of H-pyrrole nitrogens is 1. The Morgan fingerprint density at radius 2 is 1.85 bits per heavy atom. The third-order valence-electron chi connectivity index (χ3n) is 5.64. The normalized spacial score (nSPS) is 17.5. The van der Waals surface area contributed by atoms with Crippen LogP contribution in [0.25, 0.3) is 10.9 Å². The summed E-state index contributed by atoms with van der Waals surface area (Å²) in [5, 5.41) is 12.3. The number of benzene rings is 2. The SMILES string of the molecule is COc1ccc2c(CN3CCC(O)(c4ccc(C)cc4)CC3)c[nH]c2c1. The molecule has 0 spiro atoms. The molecule has 3 aromatic rings. The average molecular weight is 350 g/mol. The molecule has 1 aliphatic heterocycles. The number of fused-ring (bicyclic) bond motifs is 1. The Labute approximate surface area is 154 Å². The highest BCUT2D eigenvalue weighted by atomic mass is 16.5. The Bertz CT molecular complexity index is 890. The maximum Gasteiger partial charge on any atom is 0.120 e. The van der Waals surface area contributed by atoms with Crippen LogP contribution in [0.2, 0.25) is 0 Å². The Balaban J connectivity index is 1.45. The molecule has 0 bridgehead atoms. The van der Waals surface area contributed by atoms with Crippen molar-refractivity contribution in [1.82, 2.24) is 9.88 Å². The molecule has 2 heterocycles. The molecule has 0 aliphatic carbocycles. The van der Waals surface area contributed by atoms with E-state index in [9.17, 15) is 5.11 Å². The zero-order valence-electron chi connectivity index (χ0n) is 15.5. The second-order valence-electron chi connectivity index (χ2n) is 7.40. The highest BCUT2D eigenvalue weighted by Gasteiger charge is 2.33. The number of ether oxygens (including phenoxy) is 1. The summed E-state index contributed by atoms with van der Waals surface area (Å²) in [6, 6.07) is 14.5. The summed E-state index contributed by atoms with van der Waals surface area (Å²) in [5.41, 5.74) is 3.97. The van der Waals surface area contributed by atoms with Crippen molar-refractivity contribution in [1.29, 1.82) is 0 Å². The van der Waals surface area contributed by atoms with E-state index < -0.39 is 5.60 Å². The largest absolute Gasteiger partial charge is 0.497 e. The van der Waals surface area contributed by atoms with E-state index in [4.69, 9.17) is 4.74 Å². The van der Waals surface area contributed by atoms with Gasteiger partial charge in [-0.15, -0.1) is 0 Å². The lowest BCUT2D eigenvalue weighted by molar-refractivity contribution is -0.0276. The van der Waals surface area contributed by atoms with Crippen LogP contribution in [0.15, 0.2) is 48.7 Å². The number of likely N-dealkylation sites (tertiary alicyclic amines) is 1. The second-order valence-corrected chi connectivity index (χ2v) is 7.40. The van der Waals surface area contributed by atoms with Crippen LogP contribution in [0.5, 0.6) is 5.75 Å². The minimum Gasteiger partial charge on any atom is -0.497 e. The van der Waals surface area contributed by atoms with Crippen LogP contribution in [-0.2, 0) is 12.1 Å². The number of hydrogen-bond acceptors (Lipinski definition) is 3. The first kappa shape index (κ1) is 17.1. The molecular weight excluding hydrogens is 324 g/mol. The van der Waals surface area contributed by atoms with E-state index >= 15 is 0 Å². The fourth-order valence-electron chi connectivity index (χ4n) is 3.90. The summed E-state index contributed by atoms with van der Waals surface area (Å²) < 4.78 is 5.30. The van der Waals surface area contributed by atoms with Gasteiger partial charge in [0.25, 0.3) is 0 Å². The lowest BCUT2D eigenvalue weighted by Gasteiger charge is -2.38. The average Bonchev–Trinajstić information content (AvgIpc) is 3.06. The van der Waals surface area contributed by atoms with Crippen molar-refractivity contribution in [3.8, 4) is 5.75 Å². The Morgan fingerprint density at radius 1 is 1.12 bits per heavy atom. The number of aliphatic hydroxyl groups is 1. The molecule has 4 heteroatoms. The van der Waals surface area contributed by atoms with Crippen LogP contribution in [0.3, 0.4) is 0 Å². The molecule has 136 valence electrons. The molecular formula is C22H26N2O2. The van der Waals surface area contributed by atoms with Crippen molar-refractivity contribution in [2.75, 3.05) is 20.2 Å². The smallest absolute Gasteiger partial charge is 0.120 e. The predicted molar refractivity (Wildman–Crippen MR) is 104 cm³/mol. The lowest BCUT2D eigenvalue weighted by Crippen LogP contribution is -2.42. The molecule has 1 fully saturated rings. The van der Waals surface area contributed by atoms with Crippen LogP contribution in [0.1, 0.15) is 29.5 Å². The minimum absolute atomic E-state index is 0.697. The van der Waals surface area contributed by atoms with E-state index in [0.717, 1.165) is 49.3 Å². The first-order valence-corrected chi connectivity index (χ1v) is 9.23. The Morgan fingerprint density at radius 3 is 2.54 bits per heavy atom. The number of methoxy groups -OCH3 is 1. The fourth-order valence-corrected chi connectivity index (χ4v) is 3.90. The molecule has 0 atom stereocenters. The van der Waals surface area contributed by atoms with Gasteiger partial charge in [0.15, 0.2) is 0 Å². The molecule has 2 N–H and O–H groups in total. The van der Waals surface area contributed by atoms with E-state index in [1.54, 1.807) is 7.11 Å². The van der Waals surface area contributed by atoms with Crippen LogP contribution >= 0.6 is 0 Å². The third-order valence-corrected chi connectivity index (χ3v) is 5.64. The third kappa shape index (κ3) is 3.22.